The molecule has 0 bridgehead atoms. The van der Waals surface area contributed by atoms with Gasteiger partial charge in [0.1, 0.15) is 0 Å². The number of fused-ring (bicyclic) bond motifs is 1. The maximum Gasteiger partial charge on any atom is 0.0332 e. The van der Waals surface area contributed by atoms with Crippen molar-refractivity contribution < 1.29 is 0 Å². The zero-order valence-corrected chi connectivity index (χ0v) is 12.7. The largest absolute Gasteiger partial charge is 0.329 e. The third-order valence-corrected chi connectivity index (χ3v) is 6.63. The second-order valence-electron chi connectivity index (χ2n) is 7.49. The van der Waals surface area contributed by atoms with Gasteiger partial charge in [-0.05, 0) is 49.9 Å². The molecule has 0 aromatic heterocycles. The molecule has 0 aromatic rings. The van der Waals surface area contributed by atoms with Crippen LogP contribution in [-0.4, -0.2) is 30.1 Å². The quantitative estimate of drug-likeness (QED) is 0.792. The lowest BCUT2D eigenvalue weighted by atomic mass is 9.87. The van der Waals surface area contributed by atoms with Gasteiger partial charge in [0.2, 0.25) is 0 Å². The SMILES string of the molecule is CCC1CCCC(CN)(N2CC3CCCC3C2)CC1. The van der Waals surface area contributed by atoms with Crippen molar-refractivity contribution in [3.63, 3.8) is 0 Å². The Morgan fingerprint density at radius 2 is 1.74 bits per heavy atom. The predicted molar refractivity (Wildman–Crippen MR) is 81.1 cm³/mol. The summed E-state index contributed by atoms with van der Waals surface area (Å²) >= 11 is 0. The van der Waals surface area contributed by atoms with E-state index in [-0.39, 0.29) is 0 Å². The topological polar surface area (TPSA) is 29.3 Å². The molecule has 0 spiro atoms. The van der Waals surface area contributed by atoms with Gasteiger partial charge in [0.25, 0.3) is 0 Å². The Kier molecular flexibility index (Phi) is 4.19. The predicted octanol–water partition coefficient (Wildman–Crippen LogP) is 3.41. The molecule has 0 aromatic carbocycles. The minimum Gasteiger partial charge on any atom is -0.329 e. The summed E-state index contributed by atoms with van der Waals surface area (Å²) in [6.45, 7) is 5.97. The molecule has 2 nitrogen and oxygen atoms in total. The van der Waals surface area contributed by atoms with Crippen LogP contribution in [0.1, 0.15) is 64.7 Å². The van der Waals surface area contributed by atoms with E-state index in [0.717, 1.165) is 24.3 Å². The van der Waals surface area contributed by atoms with Crippen molar-refractivity contribution in [2.24, 2.45) is 23.5 Å². The van der Waals surface area contributed by atoms with E-state index in [1.54, 1.807) is 0 Å². The van der Waals surface area contributed by atoms with Crippen LogP contribution in [0.25, 0.3) is 0 Å². The van der Waals surface area contributed by atoms with Crippen LogP contribution in [0, 0.1) is 17.8 Å². The molecule has 19 heavy (non-hydrogen) atoms. The molecular weight excluding hydrogens is 232 g/mol. The Hall–Kier alpha value is -0.0800. The molecular formula is C17H32N2. The first-order valence-electron chi connectivity index (χ1n) is 8.72. The summed E-state index contributed by atoms with van der Waals surface area (Å²) in [5.74, 6) is 2.98. The Balaban J connectivity index is 1.69. The van der Waals surface area contributed by atoms with Gasteiger partial charge in [0, 0.05) is 25.2 Å². The van der Waals surface area contributed by atoms with Gasteiger partial charge in [-0.25, -0.2) is 0 Å². The molecule has 3 fully saturated rings. The molecule has 3 rings (SSSR count). The number of rotatable bonds is 3. The van der Waals surface area contributed by atoms with E-state index in [0.29, 0.717) is 5.54 Å². The van der Waals surface area contributed by atoms with Crippen LogP contribution < -0.4 is 5.73 Å². The van der Waals surface area contributed by atoms with Gasteiger partial charge >= 0.3 is 0 Å². The minimum absolute atomic E-state index is 0.369. The van der Waals surface area contributed by atoms with E-state index in [1.807, 2.05) is 0 Å². The summed E-state index contributed by atoms with van der Waals surface area (Å²) in [7, 11) is 0. The average Bonchev–Trinajstić information content (AvgIpc) is 2.95. The highest BCUT2D eigenvalue weighted by atomic mass is 15.2. The molecule has 2 saturated carbocycles. The van der Waals surface area contributed by atoms with Crippen LogP contribution in [0.2, 0.25) is 0 Å². The van der Waals surface area contributed by atoms with Crippen LogP contribution in [0.5, 0.6) is 0 Å². The highest BCUT2D eigenvalue weighted by Gasteiger charge is 2.45. The van der Waals surface area contributed by atoms with Crippen molar-refractivity contribution in [2.75, 3.05) is 19.6 Å². The summed E-state index contributed by atoms with van der Waals surface area (Å²) in [6.07, 6.45) is 12.8. The monoisotopic (exact) mass is 264 g/mol. The fraction of sp³-hybridized carbons (Fsp3) is 1.00. The molecule has 2 N–H and O–H groups in total. The van der Waals surface area contributed by atoms with Gasteiger partial charge in [-0.1, -0.05) is 32.6 Å². The lowest BCUT2D eigenvalue weighted by molar-refractivity contribution is 0.0944. The summed E-state index contributed by atoms with van der Waals surface area (Å²) in [5.41, 5.74) is 6.65. The molecule has 4 unspecified atom stereocenters. The Morgan fingerprint density at radius 3 is 2.37 bits per heavy atom. The summed E-state index contributed by atoms with van der Waals surface area (Å²) in [4.78, 5) is 2.83. The van der Waals surface area contributed by atoms with E-state index < -0.39 is 0 Å². The first-order chi connectivity index (χ1) is 9.27. The second-order valence-corrected chi connectivity index (χ2v) is 7.49. The lowest BCUT2D eigenvalue weighted by Gasteiger charge is -2.41. The summed E-state index contributed by atoms with van der Waals surface area (Å²) in [5, 5.41) is 0. The molecule has 4 atom stereocenters. The molecule has 3 aliphatic rings. The highest BCUT2D eigenvalue weighted by molar-refractivity contribution is 5.00. The van der Waals surface area contributed by atoms with Crippen LogP contribution in [0.4, 0.5) is 0 Å². The molecule has 1 heterocycles. The maximum atomic E-state index is 6.28. The fourth-order valence-corrected chi connectivity index (χ4v) is 5.14. The standard InChI is InChI=1S/C17H32N2/c1-2-14-5-4-9-17(13-18,10-8-14)19-11-15-6-3-7-16(15)12-19/h14-16H,2-13,18H2,1H3. The molecule has 1 aliphatic heterocycles. The number of hydrogen-bond acceptors (Lipinski definition) is 2. The van der Waals surface area contributed by atoms with Crippen molar-refractivity contribution in [3.8, 4) is 0 Å². The fourth-order valence-electron chi connectivity index (χ4n) is 5.14. The van der Waals surface area contributed by atoms with Gasteiger partial charge in [-0.15, -0.1) is 0 Å². The Bertz CT molecular complexity index is 292. The second kappa shape index (κ2) is 5.73. The maximum absolute atomic E-state index is 6.28. The first-order valence-corrected chi connectivity index (χ1v) is 8.72. The van der Waals surface area contributed by atoms with Crippen LogP contribution in [0.3, 0.4) is 0 Å². The third kappa shape index (κ3) is 2.58. The molecule has 2 aliphatic carbocycles. The van der Waals surface area contributed by atoms with Gasteiger partial charge in [-0.2, -0.15) is 0 Å². The Labute approximate surface area is 119 Å². The zero-order valence-electron chi connectivity index (χ0n) is 12.7. The number of nitrogens with two attached hydrogens (primary N) is 1. The molecule has 0 amide bonds. The van der Waals surface area contributed by atoms with E-state index in [2.05, 4.69) is 11.8 Å². The summed E-state index contributed by atoms with van der Waals surface area (Å²) < 4.78 is 0. The van der Waals surface area contributed by atoms with Gasteiger partial charge in [0.05, 0.1) is 0 Å². The van der Waals surface area contributed by atoms with Crippen LogP contribution in [0.15, 0.2) is 0 Å². The zero-order chi connectivity index (χ0) is 13.3. The molecule has 110 valence electrons. The van der Waals surface area contributed by atoms with Crippen molar-refractivity contribution in [3.05, 3.63) is 0 Å². The van der Waals surface area contributed by atoms with Crippen molar-refractivity contribution in [1.82, 2.24) is 4.90 Å². The molecule has 1 saturated heterocycles. The third-order valence-electron chi connectivity index (χ3n) is 6.63. The number of hydrogen-bond donors (Lipinski definition) is 1. The van der Waals surface area contributed by atoms with Crippen molar-refractivity contribution >= 4 is 0 Å². The van der Waals surface area contributed by atoms with Gasteiger partial charge in [-0.3, -0.25) is 4.90 Å². The highest BCUT2D eigenvalue weighted by Crippen LogP contribution is 2.44. The van der Waals surface area contributed by atoms with Crippen molar-refractivity contribution in [1.29, 1.82) is 0 Å². The molecule has 2 heteroatoms. The van der Waals surface area contributed by atoms with Crippen LogP contribution >= 0.6 is 0 Å². The van der Waals surface area contributed by atoms with E-state index in [9.17, 15) is 0 Å². The van der Waals surface area contributed by atoms with E-state index >= 15 is 0 Å². The van der Waals surface area contributed by atoms with Gasteiger partial charge < -0.3 is 5.73 Å². The Morgan fingerprint density at radius 1 is 1.00 bits per heavy atom. The number of likely N-dealkylation sites (tertiary alicyclic amines) is 1. The van der Waals surface area contributed by atoms with E-state index in [1.165, 1.54) is 70.9 Å². The first kappa shape index (κ1) is 13.9. The van der Waals surface area contributed by atoms with Crippen molar-refractivity contribution in [2.45, 2.75) is 70.3 Å². The number of nitrogens with zero attached hydrogens (tertiary/aromatic N) is 1. The van der Waals surface area contributed by atoms with Crippen LogP contribution in [-0.2, 0) is 0 Å². The summed E-state index contributed by atoms with van der Waals surface area (Å²) in [6, 6.07) is 0. The van der Waals surface area contributed by atoms with E-state index in [4.69, 9.17) is 5.73 Å². The normalized spacial score (nSPS) is 44.2. The lowest BCUT2D eigenvalue weighted by Crippen LogP contribution is -2.53. The minimum atomic E-state index is 0.369. The average molecular weight is 264 g/mol. The van der Waals surface area contributed by atoms with Gasteiger partial charge in [0.15, 0.2) is 0 Å². The molecule has 0 radical (unpaired) electrons. The smallest absolute Gasteiger partial charge is 0.0332 e.